The van der Waals surface area contributed by atoms with Crippen LogP contribution in [0.3, 0.4) is 0 Å². The van der Waals surface area contributed by atoms with Crippen molar-refractivity contribution in [1.82, 2.24) is 10.6 Å². The van der Waals surface area contributed by atoms with E-state index >= 15 is 0 Å². The van der Waals surface area contributed by atoms with Crippen molar-refractivity contribution >= 4 is 5.91 Å². The summed E-state index contributed by atoms with van der Waals surface area (Å²) in [6.07, 6.45) is 4.88. The molecule has 1 amide bonds. The maximum absolute atomic E-state index is 12.3. The van der Waals surface area contributed by atoms with Crippen molar-refractivity contribution in [3.63, 3.8) is 0 Å². The Labute approximate surface area is 141 Å². The Morgan fingerprint density at radius 3 is 2.43 bits per heavy atom. The minimum atomic E-state index is 0.0553. The Kier molecular flexibility index (Phi) is 6.23. The second-order valence-electron chi connectivity index (χ2n) is 8.03. The minimum Gasteiger partial charge on any atom is -0.352 e. The highest BCUT2D eigenvalue weighted by molar-refractivity contribution is 5.78. The largest absolute Gasteiger partial charge is 0.352 e. The molecule has 1 aliphatic rings. The van der Waals surface area contributed by atoms with Crippen molar-refractivity contribution in [1.29, 1.82) is 0 Å². The van der Waals surface area contributed by atoms with E-state index in [0.29, 0.717) is 18.5 Å². The van der Waals surface area contributed by atoms with Gasteiger partial charge < -0.3 is 10.6 Å². The van der Waals surface area contributed by atoms with Gasteiger partial charge in [0.15, 0.2) is 0 Å². The Morgan fingerprint density at radius 2 is 1.83 bits per heavy atom. The quantitative estimate of drug-likeness (QED) is 0.860. The molecule has 1 aromatic carbocycles. The van der Waals surface area contributed by atoms with E-state index < -0.39 is 0 Å². The van der Waals surface area contributed by atoms with Crippen LogP contribution in [0.2, 0.25) is 0 Å². The van der Waals surface area contributed by atoms with Crippen LogP contribution in [-0.4, -0.2) is 18.5 Å². The predicted octanol–water partition coefficient (Wildman–Crippen LogP) is 4.06. The van der Waals surface area contributed by atoms with Crippen LogP contribution in [0.5, 0.6) is 0 Å². The smallest absolute Gasteiger partial charge is 0.234 e. The van der Waals surface area contributed by atoms with Gasteiger partial charge in [0.05, 0.1) is 6.54 Å². The fraction of sp³-hybridized carbons (Fsp3) is 0.650. The molecule has 0 aliphatic heterocycles. The summed E-state index contributed by atoms with van der Waals surface area (Å²) in [7, 11) is 0. The summed E-state index contributed by atoms with van der Waals surface area (Å²) in [5.41, 5.74) is 1.29. The molecule has 0 spiro atoms. The monoisotopic (exact) mass is 316 g/mol. The van der Waals surface area contributed by atoms with Crippen molar-refractivity contribution in [2.24, 2.45) is 11.3 Å². The maximum atomic E-state index is 12.3. The van der Waals surface area contributed by atoms with Crippen LogP contribution in [0, 0.1) is 11.3 Å². The Hall–Kier alpha value is -1.35. The standard InChI is InChI=1S/C20H32N2O/c1-15-10-8-9-13-17(15)22-18(23)14-21-19(20(2,3)4)16-11-6-5-7-12-16/h5-7,11-12,15,17,19,21H,8-10,13-14H2,1-4H3,(H,22,23)/t15-,17+,19+/m1/s1. The summed E-state index contributed by atoms with van der Waals surface area (Å²) < 4.78 is 0. The molecule has 1 fully saturated rings. The lowest BCUT2D eigenvalue weighted by Crippen LogP contribution is -2.46. The molecule has 0 saturated heterocycles. The highest BCUT2D eigenvalue weighted by Gasteiger charge is 2.27. The van der Waals surface area contributed by atoms with E-state index in [9.17, 15) is 4.79 Å². The molecular formula is C20H32N2O. The van der Waals surface area contributed by atoms with Gasteiger partial charge in [-0.2, -0.15) is 0 Å². The van der Waals surface area contributed by atoms with Crippen LogP contribution >= 0.6 is 0 Å². The third kappa shape index (κ3) is 5.35. The normalized spacial score (nSPS) is 23.3. The molecule has 1 saturated carbocycles. The first kappa shape index (κ1) is 18.0. The van der Waals surface area contributed by atoms with Crippen LogP contribution in [0.15, 0.2) is 30.3 Å². The SMILES string of the molecule is C[C@@H]1CCCC[C@@H]1NC(=O)CN[C@@H](c1ccccc1)C(C)(C)C. The first-order chi connectivity index (χ1) is 10.9. The number of hydrogen-bond acceptors (Lipinski definition) is 2. The zero-order valence-corrected chi connectivity index (χ0v) is 15.1. The Morgan fingerprint density at radius 1 is 1.17 bits per heavy atom. The van der Waals surface area contributed by atoms with Gasteiger partial charge in [-0.25, -0.2) is 0 Å². The minimum absolute atomic E-state index is 0.0553. The van der Waals surface area contributed by atoms with E-state index in [1.807, 2.05) is 6.07 Å². The molecule has 0 aromatic heterocycles. The summed E-state index contributed by atoms with van der Waals surface area (Å²) in [6.45, 7) is 9.25. The van der Waals surface area contributed by atoms with Gasteiger partial charge in [0.2, 0.25) is 5.91 Å². The second-order valence-corrected chi connectivity index (χ2v) is 8.03. The highest BCUT2D eigenvalue weighted by Crippen LogP contribution is 2.32. The van der Waals surface area contributed by atoms with Gasteiger partial charge in [-0.05, 0) is 29.7 Å². The molecule has 3 atom stereocenters. The molecule has 3 heteroatoms. The number of nitrogens with one attached hydrogen (secondary N) is 2. The van der Waals surface area contributed by atoms with Gasteiger partial charge >= 0.3 is 0 Å². The van der Waals surface area contributed by atoms with E-state index in [4.69, 9.17) is 0 Å². The molecular weight excluding hydrogens is 284 g/mol. The third-order valence-corrected chi connectivity index (χ3v) is 4.92. The fourth-order valence-electron chi connectivity index (χ4n) is 3.55. The van der Waals surface area contributed by atoms with Crippen LogP contribution in [0.1, 0.15) is 65.0 Å². The number of amides is 1. The van der Waals surface area contributed by atoms with E-state index in [1.54, 1.807) is 0 Å². The van der Waals surface area contributed by atoms with Crippen LogP contribution < -0.4 is 10.6 Å². The Bertz CT molecular complexity index is 492. The molecule has 23 heavy (non-hydrogen) atoms. The zero-order chi connectivity index (χ0) is 16.9. The van der Waals surface area contributed by atoms with Crippen molar-refractivity contribution < 1.29 is 4.79 Å². The molecule has 2 rings (SSSR count). The lowest BCUT2D eigenvalue weighted by molar-refractivity contribution is -0.121. The summed E-state index contributed by atoms with van der Waals surface area (Å²) >= 11 is 0. The first-order valence-electron chi connectivity index (χ1n) is 8.95. The second kappa shape index (κ2) is 7.96. The van der Waals surface area contributed by atoms with Crippen LogP contribution in [0.4, 0.5) is 0 Å². The first-order valence-corrected chi connectivity index (χ1v) is 8.95. The molecule has 0 unspecified atom stereocenters. The van der Waals surface area contributed by atoms with Gasteiger partial charge in [-0.1, -0.05) is 70.9 Å². The number of carbonyl (C=O) groups is 1. The molecule has 128 valence electrons. The predicted molar refractivity (Wildman–Crippen MR) is 96.2 cm³/mol. The topological polar surface area (TPSA) is 41.1 Å². The molecule has 1 aliphatic carbocycles. The summed E-state index contributed by atoms with van der Waals surface area (Å²) in [6, 6.07) is 10.9. The van der Waals surface area contributed by atoms with Crippen molar-refractivity contribution in [2.45, 2.75) is 65.5 Å². The molecule has 0 heterocycles. The maximum Gasteiger partial charge on any atom is 0.234 e. The third-order valence-electron chi connectivity index (χ3n) is 4.92. The number of hydrogen-bond donors (Lipinski definition) is 2. The van der Waals surface area contributed by atoms with Gasteiger partial charge in [0.25, 0.3) is 0 Å². The summed E-state index contributed by atoms with van der Waals surface area (Å²) in [4.78, 5) is 12.3. The van der Waals surface area contributed by atoms with E-state index in [1.165, 1.54) is 24.8 Å². The molecule has 3 nitrogen and oxygen atoms in total. The number of benzene rings is 1. The van der Waals surface area contributed by atoms with E-state index in [0.717, 1.165) is 6.42 Å². The van der Waals surface area contributed by atoms with Crippen molar-refractivity contribution in [3.05, 3.63) is 35.9 Å². The van der Waals surface area contributed by atoms with Gasteiger partial charge in [-0.15, -0.1) is 0 Å². The molecule has 0 radical (unpaired) electrons. The van der Waals surface area contributed by atoms with Crippen LogP contribution in [0.25, 0.3) is 0 Å². The lowest BCUT2D eigenvalue weighted by Gasteiger charge is -2.33. The lowest BCUT2D eigenvalue weighted by atomic mass is 9.82. The van der Waals surface area contributed by atoms with E-state index in [2.05, 4.69) is 62.6 Å². The average molecular weight is 316 g/mol. The van der Waals surface area contributed by atoms with Crippen LogP contribution in [-0.2, 0) is 4.79 Å². The van der Waals surface area contributed by atoms with Crippen molar-refractivity contribution in [3.8, 4) is 0 Å². The summed E-state index contributed by atoms with van der Waals surface area (Å²) in [5.74, 6) is 0.717. The van der Waals surface area contributed by atoms with Gasteiger partial charge in [0.1, 0.15) is 0 Å². The number of carbonyl (C=O) groups excluding carboxylic acids is 1. The highest BCUT2D eigenvalue weighted by atomic mass is 16.2. The molecule has 1 aromatic rings. The summed E-state index contributed by atoms with van der Waals surface area (Å²) in [5, 5.41) is 6.69. The van der Waals surface area contributed by atoms with E-state index in [-0.39, 0.29) is 17.4 Å². The molecule has 0 bridgehead atoms. The van der Waals surface area contributed by atoms with Gasteiger partial charge in [-0.3, -0.25) is 4.79 Å². The Balaban J connectivity index is 1.92. The molecule has 2 N–H and O–H groups in total. The zero-order valence-electron chi connectivity index (χ0n) is 15.1. The van der Waals surface area contributed by atoms with Gasteiger partial charge in [0, 0.05) is 12.1 Å². The number of rotatable bonds is 5. The average Bonchev–Trinajstić information content (AvgIpc) is 2.49. The fourth-order valence-corrected chi connectivity index (χ4v) is 3.55. The van der Waals surface area contributed by atoms with Crippen molar-refractivity contribution in [2.75, 3.05) is 6.54 Å².